The summed E-state index contributed by atoms with van der Waals surface area (Å²) in [6.07, 6.45) is 2.44. The van der Waals surface area contributed by atoms with Crippen molar-refractivity contribution < 1.29 is 31.9 Å². The first-order valence-corrected chi connectivity index (χ1v) is 11.5. The van der Waals surface area contributed by atoms with E-state index >= 15 is 4.39 Å². The van der Waals surface area contributed by atoms with Gasteiger partial charge in [-0.25, -0.2) is 4.39 Å². The molecule has 3 nitrogen and oxygen atoms in total. The van der Waals surface area contributed by atoms with Crippen molar-refractivity contribution in [3.63, 3.8) is 0 Å². The van der Waals surface area contributed by atoms with E-state index in [2.05, 4.69) is 0 Å². The molecule has 0 N–H and O–H groups in total. The average Bonchev–Trinajstić information content (AvgIpc) is 2.97. The standard InChI is InChI=1S/C23H26F4O3S/c1-13(28)30-18-11-20(2)16(6-7-19(20)31-12-22(24,25)26)17-5-4-14-10-15(29)8-9-21(14,3)23(17,18)27/h7-10,16-18H,4-6,11-12H2,1-3H3/t16-,17-,18-,20-,21-,23?/m0/s1. The number of hydrogen-bond acceptors (Lipinski definition) is 4. The van der Waals surface area contributed by atoms with Gasteiger partial charge in [-0.2, -0.15) is 13.2 Å². The van der Waals surface area contributed by atoms with Crippen LogP contribution in [0.25, 0.3) is 0 Å². The number of allylic oxidation sites excluding steroid dienone is 6. The number of alkyl halides is 4. The highest BCUT2D eigenvalue weighted by atomic mass is 32.2. The second kappa shape index (κ2) is 7.22. The molecule has 4 aliphatic carbocycles. The van der Waals surface area contributed by atoms with Crippen LogP contribution in [0.1, 0.15) is 46.5 Å². The molecule has 0 saturated heterocycles. The summed E-state index contributed by atoms with van der Waals surface area (Å²) in [6, 6.07) is 0. The number of hydrogen-bond donors (Lipinski definition) is 0. The van der Waals surface area contributed by atoms with Crippen LogP contribution in [0.4, 0.5) is 17.6 Å². The molecule has 170 valence electrons. The van der Waals surface area contributed by atoms with Gasteiger partial charge < -0.3 is 4.74 Å². The van der Waals surface area contributed by atoms with Gasteiger partial charge in [0.1, 0.15) is 6.10 Å². The number of esters is 1. The largest absolute Gasteiger partial charge is 0.459 e. The van der Waals surface area contributed by atoms with Crippen LogP contribution in [-0.2, 0) is 14.3 Å². The van der Waals surface area contributed by atoms with Gasteiger partial charge >= 0.3 is 12.1 Å². The third kappa shape index (κ3) is 3.40. The molecule has 4 aliphatic rings. The monoisotopic (exact) mass is 458 g/mol. The minimum Gasteiger partial charge on any atom is -0.459 e. The number of ether oxygens (including phenoxy) is 1. The molecule has 8 heteroatoms. The maximum absolute atomic E-state index is 17.3. The molecule has 0 bridgehead atoms. The molecule has 31 heavy (non-hydrogen) atoms. The summed E-state index contributed by atoms with van der Waals surface area (Å²) in [4.78, 5) is 24.5. The normalized spacial score (nSPS) is 41.6. The fourth-order valence-corrected chi connectivity index (χ4v) is 7.52. The van der Waals surface area contributed by atoms with Gasteiger partial charge in [0, 0.05) is 23.7 Å². The molecule has 2 fully saturated rings. The van der Waals surface area contributed by atoms with Crippen molar-refractivity contribution in [3.8, 4) is 0 Å². The number of carbonyl (C=O) groups excluding carboxylic acids is 2. The van der Waals surface area contributed by atoms with Gasteiger partial charge in [-0.05, 0) is 55.6 Å². The second-order valence-corrected chi connectivity index (χ2v) is 10.6. The summed E-state index contributed by atoms with van der Waals surface area (Å²) < 4.78 is 61.5. The van der Waals surface area contributed by atoms with Crippen LogP contribution in [0.15, 0.2) is 34.8 Å². The molecule has 4 rings (SSSR count). The highest BCUT2D eigenvalue weighted by Crippen LogP contribution is 2.69. The SMILES string of the molecule is CC(=O)O[C@H]1C[C@]2(C)C(SCC(F)(F)F)=CC[C@H]2[C@@H]2CCC3=CC(=O)C=C[C@]3(C)C12F. The van der Waals surface area contributed by atoms with Crippen LogP contribution in [0.2, 0.25) is 0 Å². The molecule has 0 amide bonds. The summed E-state index contributed by atoms with van der Waals surface area (Å²) in [7, 11) is 0. The molecule has 0 aromatic rings. The van der Waals surface area contributed by atoms with E-state index < -0.39 is 46.4 Å². The highest BCUT2D eigenvalue weighted by Gasteiger charge is 2.70. The number of thioether (sulfide) groups is 1. The molecule has 0 aromatic carbocycles. The Balaban J connectivity index is 1.75. The molecule has 0 spiro atoms. The Labute approximate surface area is 183 Å². The van der Waals surface area contributed by atoms with Crippen LogP contribution in [0, 0.1) is 22.7 Å². The minimum absolute atomic E-state index is 0.117. The zero-order valence-corrected chi connectivity index (χ0v) is 18.5. The number of halogens is 4. The predicted molar refractivity (Wildman–Crippen MR) is 110 cm³/mol. The molecule has 6 atom stereocenters. The quantitative estimate of drug-likeness (QED) is 0.401. The van der Waals surface area contributed by atoms with Crippen LogP contribution in [0.3, 0.4) is 0 Å². The smallest absolute Gasteiger partial charge is 0.398 e. The molecular weight excluding hydrogens is 432 g/mol. The zero-order chi connectivity index (χ0) is 22.8. The Bertz CT molecular complexity index is 907. The van der Waals surface area contributed by atoms with Crippen molar-refractivity contribution in [2.24, 2.45) is 22.7 Å². The molecular formula is C23H26F4O3S. The molecule has 0 radical (unpaired) electrons. The molecule has 0 aliphatic heterocycles. The summed E-state index contributed by atoms with van der Waals surface area (Å²) >= 11 is 0.760. The zero-order valence-electron chi connectivity index (χ0n) is 17.7. The molecule has 1 unspecified atom stereocenters. The van der Waals surface area contributed by atoms with E-state index in [0.29, 0.717) is 29.7 Å². The van der Waals surface area contributed by atoms with Crippen molar-refractivity contribution >= 4 is 23.5 Å². The molecule has 0 aromatic heterocycles. The number of ketones is 1. The van der Waals surface area contributed by atoms with Gasteiger partial charge in [0.15, 0.2) is 11.5 Å². The summed E-state index contributed by atoms with van der Waals surface area (Å²) in [5, 5.41) is 0. The molecule has 2 saturated carbocycles. The first-order chi connectivity index (χ1) is 14.3. The van der Waals surface area contributed by atoms with Crippen LogP contribution < -0.4 is 0 Å². The highest BCUT2D eigenvalue weighted by molar-refractivity contribution is 8.03. The van der Waals surface area contributed by atoms with E-state index in [1.807, 2.05) is 13.0 Å². The fourth-order valence-electron chi connectivity index (χ4n) is 6.42. The first kappa shape index (κ1) is 22.6. The van der Waals surface area contributed by atoms with E-state index in [9.17, 15) is 22.8 Å². The van der Waals surface area contributed by atoms with Crippen LogP contribution in [-0.4, -0.2) is 35.5 Å². The van der Waals surface area contributed by atoms with Crippen molar-refractivity contribution in [3.05, 3.63) is 34.8 Å². The Morgan fingerprint density at radius 1 is 1.29 bits per heavy atom. The number of rotatable bonds is 3. The van der Waals surface area contributed by atoms with E-state index in [0.717, 1.165) is 11.8 Å². The first-order valence-electron chi connectivity index (χ1n) is 10.5. The van der Waals surface area contributed by atoms with Gasteiger partial charge in [0.05, 0.1) is 5.75 Å². The summed E-state index contributed by atoms with van der Waals surface area (Å²) in [6.45, 7) is 4.84. The van der Waals surface area contributed by atoms with Crippen molar-refractivity contribution in [2.75, 3.05) is 5.75 Å². The third-order valence-corrected chi connectivity index (χ3v) is 9.24. The van der Waals surface area contributed by atoms with Crippen LogP contribution >= 0.6 is 11.8 Å². The second-order valence-electron chi connectivity index (χ2n) is 9.55. The Morgan fingerprint density at radius 3 is 2.65 bits per heavy atom. The van der Waals surface area contributed by atoms with Crippen molar-refractivity contribution in [1.29, 1.82) is 0 Å². The number of fused-ring (bicyclic) bond motifs is 5. The van der Waals surface area contributed by atoms with E-state index in [-0.39, 0.29) is 18.1 Å². The van der Waals surface area contributed by atoms with E-state index in [4.69, 9.17) is 4.74 Å². The Morgan fingerprint density at radius 2 is 2.00 bits per heavy atom. The van der Waals surface area contributed by atoms with Gasteiger partial charge in [-0.15, -0.1) is 11.8 Å². The maximum atomic E-state index is 17.3. The van der Waals surface area contributed by atoms with Gasteiger partial charge in [0.25, 0.3) is 0 Å². The average molecular weight is 459 g/mol. The van der Waals surface area contributed by atoms with E-state index in [1.54, 1.807) is 13.0 Å². The van der Waals surface area contributed by atoms with Crippen molar-refractivity contribution in [1.82, 2.24) is 0 Å². The summed E-state index contributed by atoms with van der Waals surface area (Å²) in [5.41, 5.74) is -3.05. The third-order valence-electron chi connectivity index (χ3n) is 7.83. The Kier molecular flexibility index (Phi) is 5.27. The predicted octanol–water partition coefficient (Wildman–Crippen LogP) is 5.72. The van der Waals surface area contributed by atoms with Gasteiger partial charge in [-0.1, -0.05) is 24.6 Å². The Hall–Kier alpha value is -1.57. The lowest BCUT2D eigenvalue weighted by atomic mass is 9.46. The van der Waals surface area contributed by atoms with E-state index in [1.165, 1.54) is 19.1 Å². The van der Waals surface area contributed by atoms with Crippen LogP contribution in [0.5, 0.6) is 0 Å². The summed E-state index contributed by atoms with van der Waals surface area (Å²) in [5.74, 6) is -2.50. The lowest BCUT2D eigenvalue weighted by Gasteiger charge is -2.62. The van der Waals surface area contributed by atoms with Gasteiger partial charge in [0.2, 0.25) is 0 Å². The maximum Gasteiger partial charge on any atom is 0.398 e. The minimum atomic E-state index is -4.30. The fraction of sp³-hybridized carbons (Fsp3) is 0.652. The molecule has 0 heterocycles. The lowest BCUT2D eigenvalue weighted by molar-refractivity contribution is -0.205. The topological polar surface area (TPSA) is 43.4 Å². The lowest BCUT2D eigenvalue weighted by Crippen LogP contribution is -2.67. The van der Waals surface area contributed by atoms with Crippen molar-refractivity contribution in [2.45, 2.75) is 64.4 Å². The van der Waals surface area contributed by atoms with Gasteiger partial charge in [-0.3, -0.25) is 9.59 Å². The number of carbonyl (C=O) groups is 2.